The lowest BCUT2D eigenvalue weighted by Gasteiger charge is -2.22. The van der Waals surface area contributed by atoms with Crippen molar-refractivity contribution in [2.24, 2.45) is 0 Å². The van der Waals surface area contributed by atoms with E-state index >= 15 is 0 Å². The van der Waals surface area contributed by atoms with E-state index in [0.29, 0.717) is 17.0 Å². The maximum atomic E-state index is 13.3. The lowest BCUT2D eigenvalue weighted by Crippen LogP contribution is -2.32. The molecule has 1 aliphatic rings. The van der Waals surface area contributed by atoms with Crippen LogP contribution in [0.3, 0.4) is 0 Å². The first-order valence-corrected chi connectivity index (χ1v) is 10.5. The van der Waals surface area contributed by atoms with Gasteiger partial charge in [-0.05, 0) is 37.5 Å². The van der Waals surface area contributed by atoms with Crippen LogP contribution in [0.2, 0.25) is 0 Å². The first-order valence-electron chi connectivity index (χ1n) is 9.71. The van der Waals surface area contributed by atoms with E-state index in [9.17, 15) is 9.59 Å². The van der Waals surface area contributed by atoms with Crippen molar-refractivity contribution in [3.05, 3.63) is 76.3 Å². The molecule has 1 aliphatic carbocycles. The van der Waals surface area contributed by atoms with Gasteiger partial charge < -0.3 is 10.2 Å². The molecule has 0 aliphatic heterocycles. The van der Waals surface area contributed by atoms with Gasteiger partial charge in [-0.15, -0.1) is 11.3 Å². The van der Waals surface area contributed by atoms with E-state index in [0.717, 1.165) is 34.7 Å². The Balaban J connectivity index is 1.56. The van der Waals surface area contributed by atoms with E-state index < -0.39 is 0 Å². The van der Waals surface area contributed by atoms with Gasteiger partial charge in [0.25, 0.3) is 11.8 Å². The summed E-state index contributed by atoms with van der Waals surface area (Å²) in [6.45, 7) is 2.44. The number of hydrogen-bond donors (Lipinski definition) is 1. The smallest absolute Gasteiger partial charge is 0.266 e. The van der Waals surface area contributed by atoms with Crippen LogP contribution in [0.1, 0.15) is 44.1 Å². The zero-order valence-corrected chi connectivity index (χ0v) is 17.3. The van der Waals surface area contributed by atoms with E-state index in [-0.39, 0.29) is 17.9 Å². The summed E-state index contributed by atoms with van der Waals surface area (Å²) < 4.78 is 0. The fourth-order valence-electron chi connectivity index (χ4n) is 3.28. The number of rotatable bonds is 6. The summed E-state index contributed by atoms with van der Waals surface area (Å²) in [7, 11) is 1.62. The first kappa shape index (κ1) is 19.3. The molecule has 0 radical (unpaired) electrons. The predicted octanol–water partition coefficient (Wildman–Crippen LogP) is 4.28. The maximum absolute atomic E-state index is 13.3. The number of benzene rings is 2. The van der Waals surface area contributed by atoms with Crippen LogP contribution in [0.4, 0.5) is 0 Å². The van der Waals surface area contributed by atoms with Crippen molar-refractivity contribution in [2.75, 3.05) is 7.05 Å². The van der Waals surface area contributed by atoms with Crippen molar-refractivity contribution in [1.29, 1.82) is 0 Å². The molecule has 0 bridgehead atoms. The molecular weight excluding hydrogens is 382 g/mol. The van der Waals surface area contributed by atoms with Crippen LogP contribution in [-0.2, 0) is 6.54 Å². The number of aryl methyl sites for hydroxylation is 1. The Labute approximate surface area is 174 Å². The van der Waals surface area contributed by atoms with Gasteiger partial charge in [-0.25, -0.2) is 4.98 Å². The van der Waals surface area contributed by atoms with Gasteiger partial charge in [0.05, 0.1) is 5.69 Å². The summed E-state index contributed by atoms with van der Waals surface area (Å²) in [5.41, 5.74) is 3.44. The molecule has 1 aromatic heterocycles. The summed E-state index contributed by atoms with van der Waals surface area (Å²) in [6.07, 6.45) is 2.07. The predicted molar refractivity (Wildman–Crippen MR) is 115 cm³/mol. The second-order valence-corrected chi connectivity index (χ2v) is 8.24. The van der Waals surface area contributed by atoms with Crippen LogP contribution >= 0.6 is 11.3 Å². The summed E-state index contributed by atoms with van der Waals surface area (Å²) in [5, 5.41) is 3.49. The van der Waals surface area contributed by atoms with E-state index in [4.69, 9.17) is 0 Å². The van der Waals surface area contributed by atoms with Gasteiger partial charge in [0.2, 0.25) is 0 Å². The van der Waals surface area contributed by atoms with Crippen LogP contribution in [0, 0.1) is 6.92 Å². The highest BCUT2D eigenvalue weighted by Crippen LogP contribution is 2.34. The number of aromatic nitrogens is 1. The van der Waals surface area contributed by atoms with Gasteiger partial charge in [-0.3, -0.25) is 9.59 Å². The normalized spacial score (nSPS) is 13.2. The molecule has 2 aromatic carbocycles. The second kappa shape index (κ2) is 8.17. The fraction of sp³-hybridized carbons (Fsp3) is 0.261. The number of nitrogens with zero attached hydrogens (tertiary/aromatic N) is 2. The highest BCUT2D eigenvalue weighted by atomic mass is 32.1. The minimum atomic E-state index is -0.111. The topological polar surface area (TPSA) is 62.3 Å². The summed E-state index contributed by atoms with van der Waals surface area (Å²) in [4.78, 5) is 32.4. The highest BCUT2D eigenvalue weighted by molar-refractivity contribution is 7.17. The summed E-state index contributed by atoms with van der Waals surface area (Å²) in [6, 6.07) is 17.7. The minimum Gasteiger partial charge on any atom is -0.355 e. The molecule has 0 saturated heterocycles. The van der Waals surface area contributed by atoms with E-state index in [2.05, 4.69) is 10.3 Å². The number of carbonyl (C=O) groups is 2. The molecule has 4 rings (SSSR count). The number of nitrogens with one attached hydrogen (secondary N) is 1. The van der Waals surface area contributed by atoms with Crippen molar-refractivity contribution in [1.82, 2.24) is 15.2 Å². The van der Waals surface area contributed by atoms with Crippen LogP contribution in [-0.4, -0.2) is 34.8 Å². The third-order valence-electron chi connectivity index (χ3n) is 5.06. The van der Waals surface area contributed by atoms with Gasteiger partial charge in [0, 0.05) is 30.8 Å². The summed E-state index contributed by atoms with van der Waals surface area (Å²) >= 11 is 1.46. The van der Waals surface area contributed by atoms with Gasteiger partial charge in [-0.2, -0.15) is 0 Å². The summed E-state index contributed by atoms with van der Waals surface area (Å²) in [5.74, 6) is -0.0690. The van der Waals surface area contributed by atoms with E-state index in [1.54, 1.807) is 19.2 Å². The molecule has 2 amide bonds. The third-order valence-corrected chi connectivity index (χ3v) is 6.25. The van der Waals surface area contributed by atoms with Crippen molar-refractivity contribution >= 4 is 23.2 Å². The Bertz CT molecular complexity index is 1020. The Morgan fingerprint density at radius 1 is 1.10 bits per heavy atom. The van der Waals surface area contributed by atoms with Crippen LogP contribution in [0.15, 0.2) is 54.6 Å². The third kappa shape index (κ3) is 4.22. The standard InChI is InChI=1S/C23H23N3O2S/c1-15-20(29-22(25-15)18-6-4-3-5-7-18)23(28)26(19-12-13-19)14-16-8-10-17(11-9-16)21(27)24-2/h3-11,19H,12-14H2,1-2H3,(H,24,27). The van der Waals surface area contributed by atoms with Crippen LogP contribution in [0.25, 0.3) is 10.6 Å². The largest absolute Gasteiger partial charge is 0.355 e. The van der Waals surface area contributed by atoms with E-state index in [1.807, 2.05) is 54.3 Å². The average Bonchev–Trinajstić information content (AvgIpc) is 3.53. The van der Waals surface area contributed by atoms with Crippen molar-refractivity contribution < 1.29 is 9.59 Å². The molecule has 1 N–H and O–H groups in total. The lowest BCUT2D eigenvalue weighted by atomic mass is 10.1. The first-order chi connectivity index (χ1) is 14.1. The highest BCUT2D eigenvalue weighted by Gasteiger charge is 2.34. The van der Waals surface area contributed by atoms with Gasteiger partial charge in [-0.1, -0.05) is 42.5 Å². The monoisotopic (exact) mass is 405 g/mol. The minimum absolute atomic E-state index is 0.0417. The SMILES string of the molecule is CNC(=O)c1ccc(CN(C(=O)c2sc(-c3ccccc3)nc2C)C2CC2)cc1. The van der Waals surface area contributed by atoms with Crippen molar-refractivity contribution in [2.45, 2.75) is 32.4 Å². The quantitative estimate of drug-likeness (QED) is 0.666. The average molecular weight is 406 g/mol. The molecule has 0 unspecified atom stereocenters. The van der Waals surface area contributed by atoms with E-state index in [1.165, 1.54) is 11.3 Å². The molecule has 0 atom stereocenters. The maximum Gasteiger partial charge on any atom is 0.266 e. The Kier molecular flexibility index (Phi) is 5.45. The lowest BCUT2D eigenvalue weighted by molar-refractivity contribution is 0.0733. The molecule has 1 heterocycles. The molecule has 3 aromatic rings. The number of thiazole rings is 1. The molecule has 6 heteroatoms. The van der Waals surface area contributed by atoms with Gasteiger partial charge in [0.15, 0.2) is 0 Å². The molecule has 148 valence electrons. The Morgan fingerprint density at radius 2 is 1.79 bits per heavy atom. The Morgan fingerprint density at radius 3 is 2.41 bits per heavy atom. The number of hydrogen-bond acceptors (Lipinski definition) is 4. The van der Waals surface area contributed by atoms with Crippen molar-refractivity contribution in [3.8, 4) is 10.6 Å². The molecule has 1 fully saturated rings. The fourth-order valence-corrected chi connectivity index (χ4v) is 4.31. The van der Waals surface area contributed by atoms with Crippen LogP contribution < -0.4 is 5.32 Å². The van der Waals surface area contributed by atoms with Gasteiger partial charge >= 0.3 is 0 Å². The molecule has 0 spiro atoms. The zero-order chi connectivity index (χ0) is 20.4. The number of carbonyl (C=O) groups excluding carboxylic acids is 2. The van der Waals surface area contributed by atoms with Crippen molar-refractivity contribution in [3.63, 3.8) is 0 Å². The molecular formula is C23H23N3O2S. The number of amides is 2. The van der Waals surface area contributed by atoms with Gasteiger partial charge in [0.1, 0.15) is 9.88 Å². The molecule has 5 nitrogen and oxygen atoms in total. The second-order valence-electron chi connectivity index (χ2n) is 7.24. The van der Waals surface area contributed by atoms with Crippen LogP contribution in [0.5, 0.6) is 0 Å². The Hall–Kier alpha value is -2.99. The molecule has 29 heavy (non-hydrogen) atoms. The molecule has 1 saturated carbocycles. The zero-order valence-electron chi connectivity index (χ0n) is 16.5.